The van der Waals surface area contributed by atoms with Gasteiger partial charge >= 0.3 is 5.97 Å². The number of benzene rings is 1. The molecule has 1 aromatic heterocycles. The lowest BCUT2D eigenvalue weighted by atomic mass is 9.89. The van der Waals surface area contributed by atoms with Gasteiger partial charge in [-0.1, -0.05) is 30.9 Å². The van der Waals surface area contributed by atoms with Crippen molar-refractivity contribution < 1.29 is 22.7 Å². The number of fused-ring (bicyclic) bond motifs is 2. The van der Waals surface area contributed by atoms with Crippen LogP contribution in [0.15, 0.2) is 18.2 Å². The van der Waals surface area contributed by atoms with E-state index in [4.69, 9.17) is 9.72 Å². The molecule has 1 amide bonds. The molecule has 2 aliphatic carbocycles. The van der Waals surface area contributed by atoms with Gasteiger partial charge in [-0.2, -0.15) is 0 Å². The fourth-order valence-corrected chi connectivity index (χ4v) is 7.82. The molecule has 1 unspecified atom stereocenters. The number of pyridine rings is 1. The standard InChI is InChI=1S/C27H34N2O5S/c1-18-11-12-24-22(15-18)26(21-9-5-6-10-23(21)28-24)27(31)34-16-25(30)29(19-7-3-2-4-8-19)20-13-14-35(32,33)17-20/h11-12,15,19-20H,2-10,13-14,16-17H2,1H3. The molecule has 1 saturated carbocycles. The fraction of sp³-hybridized carbons (Fsp3) is 0.593. The molecular weight excluding hydrogens is 464 g/mol. The zero-order valence-corrected chi connectivity index (χ0v) is 21.2. The van der Waals surface area contributed by atoms with Crippen LogP contribution in [0.5, 0.6) is 0 Å². The lowest BCUT2D eigenvalue weighted by Crippen LogP contribution is -2.50. The summed E-state index contributed by atoms with van der Waals surface area (Å²) in [7, 11) is -3.13. The normalized spacial score (nSPS) is 22.0. The Balaban J connectivity index is 1.40. The van der Waals surface area contributed by atoms with Crippen molar-refractivity contribution >= 4 is 32.6 Å². The quantitative estimate of drug-likeness (QED) is 0.580. The molecule has 188 valence electrons. The first kappa shape index (κ1) is 24.2. The van der Waals surface area contributed by atoms with Crippen molar-refractivity contribution in [2.45, 2.75) is 83.2 Å². The minimum atomic E-state index is -3.13. The molecule has 2 fully saturated rings. The number of aromatic nitrogens is 1. The molecule has 7 nitrogen and oxygen atoms in total. The van der Waals surface area contributed by atoms with E-state index in [0.717, 1.165) is 85.5 Å². The molecule has 1 aliphatic heterocycles. The number of carbonyl (C=O) groups is 2. The Morgan fingerprint density at radius 3 is 2.54 bits per heavy atom. The molecule has 1 aromatic carbocycles. The van der Waals surface area contributed by atoms with Gasteiger partial charge in [0, 0.05) is 23.2 Å². The maximum atomic E-state index is 13.5. The van der Waals surface area contributed by atoms with Crippen LogP contribution in [0.25, 0.3) is 10.9 Å². The third-order valence-corrected chi connectivity index (χ3v) is 9.56. The highest BCUT2D eigenvalue weighted by Gasteiger charge is 2.39. The van der Waals surface area contributed by atoms with Crippen LogP contribution in [0.4, 0.5) is 0 Å². The zero-order chi connectivity index (χ0) is 24.6. The minimum Gasteiger partial charge on any atom is -0.452 e. The van der Waals surface area contributed by atoms with Crippen molar-refractivity contribution in [2.24, 2.45) is 0 Å². The molecule has 35 heavy (non-hydrogen) atoms. The van der Waals surface area contributed by atoms with Crippen LogP contribution in [-0.2, 0) is 32.2 Å². The topological polar surface area (TPSA) is 93.6 Å². The molecule has 0 spiro atoms. The van der Waals surface area contributed by atoms with Crippen LogP contribution in [0.3, 0.4) is 0 Å². The largest absolute Gasteiger partial charge is 0.452 e. The highest BCUT2D eigenvalue weighted by Crippen LogP contribution is 2.31. The number of ether oxygens (including phenoxy) is 1. The van der Waals surface area contributed by atoms with Crippen LogP contribution in [0, 0.1) is 6.92 Å². The van der Waals surface area contributed by atoms with Crippen molar-refractivity contribution in [1.29, 1.82) is 0 Å². The number of amides is 1. The molecule has 2 aromatic rings. The summed E-state index contributed by atoms with van der Waals surface area (Å²) in [5.41, 5.74) is 4.23. The van der Waals surface area contributed by atoms with Gasteiger partial charge in [-0.15, -0.1) is 0 Å². The van der Waals surface area contributed by atoms with Gasteiger partial charge in [0.15, 0.2) is 16.4 Å². The number of rotatable bonds is 5. The second kappa shape index (κ2) is 9.88. The number of aryl methyl sites for hydroxylation is 2. The Kier molecular flexibility index (Phi) is 6.84. The monoisotopic (exact) mass is 498 g/mol. The number of sulfone groups is 1. The Bertz CT molecular complexity index is 1250. The van der Waals surface area contributed by atoms with Gasteiger partial charge in [0.05, 0.1) is 22.6 Å². The van der Waals surface area contributed by atoms with E-state index in [1.807, 2.05) is 25.1 Å². The first-order valence-corrected chi connectivity index (χ1v) is 14.8. The van der Waals surface area contributed by atoms with Crippen molar-refractivity contribution in [1.82, 2.24) is 9.88 Å². The van der Waals surface area contributed by atoms with E-state index in [-0.39, 0.29) is 36.1 Å². The number of hydrogen-bond acceptors (Lipinski definition) is 6. The number of esters is 1. The summed E-state index contributed by atoms with van der Waals surface area (Å²) in [6.07, 6.45) is 9.06. The maximum Gasteiger partial charge on any atom is 0.339 e. The summed E-state index contributed by atoms with van der Waals surface area (Å²) in [5, 5.41) is 0.772. The SMILES string of the molecule is Cc1ccc2nc3c(c(C(=O)OCC(=O)N(C4CCCCC4)C4CCS(=O)(=O)C4)c2c1)CCCC3. The summed E-state index contributed by atoms with van der Waals surface area (Å²) in [4.78, 5) is 33.4. The first-order valence-electron chi connectivity index (χ1n) is 12.9. The third-order valence-electron chi connectivity index (χ3n) is 7.81. The Labute approximate surface area is 207 Å². The molecule has 5 rings (SSSR count). The first-order chi connectivity index (χ1) is 16.8. The third kappa shape index (κ3) is 5.08. The predicted molar refractivity (Wildman–Crippen MR) is 134 cm³/mol. The molecule has 3 aliphatic rings. The highest BCUT2D eigenvalue weighted by atomic mass is 32.2. The van der Waals surface area contributed by atoms with Gasteiger partial charge < -0.3 is 9.64 Å². The summed E-state index contributed by atoms with van der Waals surface area (Å²) >= 11 is 0. The van der Waals surface area contributed by atoms with E-state index in [0.29, 0.717) is 12.0 Å². The molecule has 1 atom stereocenters. The average molecular weight is 499 g/mol. The smallest absolute Gasteiger partial charge is 0.339 e. The minimum absolute atomic E-state index is 0.00492. The summed E-state index contributed by atoms with van der Waals surface area (Å²) < 4.78 is 30.0. The Hall–Kier alpha value is -2.48. The maximum absolute atomic E-state index is 13.5. The van der Waals surface area contributed by atoms with E-state index in [1.54, 1.807) is 4.90 Å². The van der Waals surface area contributed by atoms with Crippen molar-refractivity contribution in [3.05, 3.63) is 40.6 Å². The number of carbonyl (C=O) groups excluding carboxylic acids is 2. The van der Waals surface area contributed by atoms with Crippen LogP contribution in [0.1, 0.15) is 78.5 Å². The van der Waals surface area contributed by atoms with Gasteiger partial charge in [0.2, 0.25) is 0 Å². The molecule has 0 radical (unpaired) electrons. The van der Waals surface area contributed by atoms with Crippen molar-refractivity contribution in [3.63, 3.8) is 0 Å². The van der Waals surface area contributed by atoms with Crippen LogP contribution >= 0.6 is 0 Å². The second-order valence-corrected chi connectivity index (χ2v) is 12.6. The summed E-state index contributed by atoms with van der Waals surface area (Å²) in [6, 6.07) is 5.58. The number of nitrogens with zero attached hydrogens (tertiary/aromatic N) is 2. The zero-order valence-electron chi connectivity index (χ0n) is 20.4. The van der Waals surface area contributed by atoms with Crippen LogP contribution in [0.2, 0.25) is 0 Å². The van der Waals surface area contributed by atoms with Gasteiger partial charge in [-0.25, -0.2) is 13.2 Å². The molecule has 2 heterocycles. The van der Waals surface area contributed by atoms with Gasteiger partial charge in [0.1, 0.15) is 0 Å². The second-order valence-electron chi connectivity index (χ2n) is 10.4. The highest BCUT2D eigenvalue weighted by molar-refractivity contribution is 7.91. The Morgan fingerprint density at radius 1 is 1.03 bits per heavy atom. The molecule has 0 bridgehead atoms. The van der Waals surface area contributed by atoms with E-state index < -0.39 is 15.8 Å². The molecule has 0 N–H and O–H groups in total. The molecular formula is C27H34N2O5S. The fourth-order valence-electron chi connectivity index (χ4n) is 6.10. The molecule has 1 saturated heterocycles. The predicted octanol–water partition coefficient (Wildman–Crippen LogP) is 3.93. The summed E-state index contributed by atoms with van der Waals surface area (Å²) in [5.74, 6) is -0.652. The van der Waals surface area contributed by atoms with Gasteiger partial charge in [0.25, 0.3) is 5.91 Å². The van der Waals surface area contributed by atoms with E-state index in [9.17, 15) is 18.0 Å². The van der Waals surface area contributed by atoms with E-state index in [1.165, 1.54) is 0 Å². The molecule has 8 heteroatoms. The number of hydrogen-bond donors (Lipinski definition) is 0. The lowest BCUT2D eigenvalue weighted by molar-refractivity contribution is -0.140. The van der Waals surface area contributed by atoms with Crippen LogP contribution < -0.4 is 0 Å². The average Bonchev–Trinajstić information content (AvgIpc) is 3.20. The van der Waals surface area contributed by atoms with Gasteiger partial charge in [-0.05, 0) is 69.6 Å². The van der Waals surface area contributed by atoms with Gasteiger partial charge in [-0.3, -0.25) is 9.78 Å². The Morgan fingerprint density at radius 2 is 1.80 bits per heavy atom. The van der Waals surface area contributed by atoms with Crippen molar-refractivity contribution in [3.8, 4) is 0 Å². The van der Waals surface area contributed by atoms with Crippen LogP contribution in [-0.4, -0.2) is 60.4 Å². The summed E-state index contributed by atoms with van der Waals surface area (Å²) in [6.45, 7) is 1.62. The lowest BCUT2D eigenvalue weighted by Gasteiger charge is -2.38. The van der Waals surface area contributed by atoms with E-state index in [2.05, 4.69) is 0 Å². The van der Waals surface area contributed by atoms with E-state index >= 15 is 0 Å². The van der Waals surface area contributed by atoms with Crippen molar-refractivity contribution in [2.75, 3.05) is 18.1 Å².